The van der Waals surface area contributed by atoms with Crippen LogP contribution in [0.1, 0.15) is 30.4 Å². The highest BCUT2D eigenvalue weighted by molar-refractivity contribution is 5.99. The molecule has 0 radical (unpaired) electrons. The lowest BCUT2D eigenvalue weighted by Crippen LogP contribution is -2.24. The highest BCUT2D eigenvalue weighted by Crippen LogP contribution is 2.20. The molecular formula is C22H25N3O2. The molecule has 0 saturated heterocycles. The zero-order valence-electron chi connectivity index (χ0n) is 15.5. The van der Waals surface area contributed by atoms with Gasteiger partial charge in [-0.2, -0.15) is 0 Å². The van der Waals surface area contributed by atoms with Gasteiger partial charge in [0.15, 0.2) is 0 Å². The molecule has 1 aliphatic carbocycles. The van der Waals surface area contributed by atoms with E-state index >= 15 is 0 Å². The van der Waals surface area contributed by atoms with Gasteiger partial charge in [-0.25, -0.2) is 4.79 Å². The molecule has 3 rings (SSSR count). The van der Waals surface area contributed by atoms with E-state index in [0.717, 1.165) is 29.7 Å². The molecule has 27 heavy (non-hydrogen) atoms. The number of benzene rings is 2. The Morgan fingerprint density at radius 3 is 2.48 bits per heavy atom. The second-order valence-corrected chi connectivity index (χ2v) is 6.90. The first kappa shape index (κ1) is 18.7. The highest BCUT2D eigenvalue weighted by Gasteiger charge is 2.13. The number of nitrogens with one attached hydrogen (secondary N) is 3. The van der Waals surface area contributed by atoms with Crippen LogP contribution in [-0.4, -0.2) is 11.9 Å². The molecule has 0 bridgehead atoms. The number of urea groups is 1. The van der Waals surface area contributed by atoms with Crippen molar-refractivity contribution in [3.63, 3.8) is 0 Å². The monoisotopic (exact) mass is 363 g/mol. The molecule has 1 atom stereocenters. The standard InChI is InChI=1S/C22H25N3O2/c1-16-6-4-10-19(12-16)24-22(27)25-20-11-5-9-18(13-20)15-23-21(26)14-17-7-2-3-8-17/h2,4-7,9-13,17H,3,8,14-15H2,1H3,(H,23,26)(H2,24,25,27)/t17-/m0/s1. The van der Waals surface area contributed by atoms with Crippen molar-refractivity contribution in [1.82, 2.24) is 5.32 Å². The van der Waals surface area contributed by atoms with Crippen LogP contribution in [0.4, 0.5) is 16.2 Å². The first-order valence-electron chi connectivity index (χ1n) is 9.25. The van der Waals surface area contributed by atoms with Gasteiger partial charge in [0.1, 0.15) is 0 Å². The zero-order valence-corrected chi connectivity index (χ0v) is 15.5. The lowest BCUT2D eigenvalue weighted by atomic mass is 10.1. The van der Waals surface area contributed by atoms with Crippen LogP contribution in [0.15, 0.2) is 60.7 Å². The van der Waals surface area contributed by atoms with Gasteiger partial charge in [-0.15, -0.1) is 0 Å². The smallest absolute Gasteiger partial charge is 0.323 e. The number of hydrogen-bond acceptors (Lipinski definition) is 2. The number of allylic oxidation sites excluding steroid dienone is 2. The minimum atomic E-state index is -0.296. The van der Waals surface area contributed by atoms with Crippen molar-refractivity contribution in [3.05, 3.63) is 71.8 Å². The quantitative estimate of drug-likeness (QED) is 0.656. The minimum absolute atomic E-state index is 0.0575. The molecule has 3 amide bonds. The van der Waals surface area contributed by atoms with Crippen LogP contribution >= 0.6 is 0 Å². The van der Waals surface area contributed by atoms with Crippen molar-refractivity contribution in [2.45, 2.75) is 32.7 Å². The van der Waals surface area contributed by atoms with Crippen molar-refractivity contribution < 1.29 is 9.59 Å². The Morgan fingerprint density at radius 2 is 1.78 bits per heavy atom. The van der Waals surface area contributed by atoms with Crippen molar-refractivity contribution >= 4 is 23.3 Å². The summed E-state index contributed by atoms with van der Waals surface area (Å²) in [5.41, 5.74) is 3.46. The maximum atomic E-state index is 12.2. The topological polar surface area (TPSA) is 70.2 Å². The number of carbonyl (C=O) groups excluding carboxylic acids is 2. The molecule has 0 saturated carbocycles. The van der Waals surface area contributed by atoms with Gasteiger partial charge in [0.25, 0.3) is 0 Å². The van der Waals surface area contributed by atoms with Gasteiger partial charge in [0, 0.05) is 24.3 Å². The van der Waals surface area contributed by atoms with Gasteiger partial charge in [0.2, 0.25) is 5.91 Å². The zero-order chi connectivity index (χ0) is 19.1. The number of hydrogen-bond donors (Lipinski definition) is 3. The van der Waals surface area contributed by atoms with Crippen molar-refractivity contribution in [2.75, 3.05) is 10.6 Å². The summed E-state index contributed by atoms with van der Waals surface area (Å²) in [4.78, 5) is 24.2. The number of amides is 3. The lowest BCUT2D eigenvalue weighted by molar-refractivity contribution is -0.121. The predicted molar refractivity (Wildman–Crippen MR) is 109 cm³/mol. The maximum Gasteiger partial charge on any atom is 0.323 e. The average Bonchev–Trinajstić information content (AvgIpc) is 3.13. The fourth-order valence-corrected chi connectivity index (χ4v) is 3.15. The maximum absolute atomic E-state index is 12.2. The molecule has 1 aliphatic rings. The molecule has 0 aliphatic heterocycles. The molecule has 0 spiro atoms. The Bertz CT molecular complexity index is 845. The van der Waals surface area contributed by atoms with Gasteiger partial charge in [-0.05, 0) is 61.1 Å². The lowest BCUT2D eigenvalue weighted by Gasteiger charge is -2.11. The molecule has 0 aromatic heterocycles. The molecule has 5 nitrogen and oxygen atoms in total. The summed E-state index contributed by atoms with van der Waals surface area (Å²) in [6, 6.07) is 14.8. The highest BCUT2D eigenvalue weighted by atomic mass is 16.2. The summed E-state index contributed by atoms with van der Waals surface area (Å²) in [6.07, 6.45) is 6.92. The molecule has 5 heteroatoms. The van der Waals surface area contributed by atoms with Crippen molar-refractivity contribution in [3.8, 4) is 0 Å². The Morgan fingerprint density at radius 1 is 1.04 bits per heavy atom. The number of carbonyl (C=O) groups is 2. The van der Waals surface area contributed by atoms with Gasteiger partial charge in [-0.3, -0.25) is 4.79 Å². The second kappa shape index (κ2) is 9.03. The molecule has 0 heterocycles. The third-order valence-corrected chi connectivity index (χ3v) is 4.51. The van der Waals surface area contributed by atoms with Crippen LogP contribution in [0.2, 0.25) is 0 Å². The minimum Gasteiger partial charge on any atom is -0.352 e. The molecule has 3 N–H and O–H groups in total. The largest absolute Gasteiger partial charge is 0.352 e. The van der Waals surface area contributed by atoms with Gasteiger partial charge < -0.3 is 16.0 Å². The van der Waals surface area contributed by atoms with E-state index in [-0.39, 0.29) is 11.9 Å². The predicted octanol–water partition coefficient (Wildman–Crippen LogP) is 4.61. The van der Waals surface area contributed by atoms with E-state index in [1.807, 2.05) is 55.5 Å². The van der Waals surface area contributed by atoms with E-state index < -0.39 is 0 Å². The number of anilines is 2. The van der Waals surface area contributed by atoms with Crippen molar-refractivity contribution in [2.24, 2.45) is 5.92 Å². The normalized spacial score (nSPS) is 15.4. The summed E-state index contributed by atoms with van der Waals surface area (Å²) >= 11 is 0. The fourth-order valence-electron chi connectivity index (χ4n) is 3.15. The van der Waals surface area contributed by atoms with Crippen LogP contribution in [0.5, 0.6) is 0 Å². The van der Waals surface area contributed by atoms with E-state index in [4.69, 9.17) is 0 Å². The van der Waals surface area contributed by atoms with E-state index in [1.165, 1.54) is 0 Å². The van der Waals surface area contributed by atoms with Gasteiger partial charge in [0.05, 0.1) is 0 Å². The molecule has 140 valence electrons. The summed E-state index contributed by atoms with van der Waals surface area (Å²) in [7, 11) is 0. The summed E-state index contributed by atoms with van der Waals surface area (Å²) in [5.74, 6) is 0.422. The van der Waals surface area contributed by atoms with E-state index in [9.17, 15) is 9.59 Å². The molecular weight excluding hydrogens is 338 g/mol. The van der Waals surface area contributed by atoms with Gasteiger partial charge in [-0.1, -0.05) is 36.4 Å². The molecule has 0 unspecified atom stereocenters. The first-order chi connectivity index (χ1) is 13.1. The van der Waals surface area contributed by atoms with E-state index in [1.54, 1.807) is 0 Å². The summed E-state index contributed by atoms with van der Waals surface area (Å²) in [5, 5.41) is 8.59. The Balaban J connectivity index is 1.49. The van der Waals surface area contributed by atoms with Crippen LogP contribution in [0.3, 0.4) is 0 Å². The Labute approximate surface area is 159 Å². The number of rotatable bonds is 6. The summed E-state index contributed by atoms with van der Waals surface area (Å²) < 4.78 is 0. The molecule has 0 fully saturated rings. The second-order valence-electron chi connectivity index (χ2n) is 6.90. The Hall–Kier alpha value is -3.08. The van der Waals surface area contributed by atoms with E-state index in [0.29, 0.717) is 24.6 Å². The average molecular weight is 363 g/mol. The van der Waals surface area contributed by atoms with Crippen LogP contribution in [0.25, 0.3) is 0 Å². The van der Waals surface area contributed by atoms with Crippen LogP contribution < -0.4 is 16.0 Å². The van der Waals surface area contributed by atoms with Crippen LogP contribution in [-0.2, 0) is 11.3 Å². The third kappa shape index (κ3) is 5.99. The third-order valence-electron chi connectivity index (χ3n) is 4.51. The van der Waals surface area contributed by atoms with Crippen molar-refractivity contribution in [1.29, 1.82) is 0 Å². The summed E-state index contributed by atoms with van der Waals surface area (Å²) in [6.45, 7) is 2.42. The van der Waals surface area contributed by atoms with Crippen LogP contribution in [0, 0.1) is 12.8 Å². The van der Waals surface area contributed by atoms with E-state index in [2.05, 4.69) is 28.1 Å². The SMILES string of the molecule is Cc1cccc(NC(=O)Nc2cccc(CNC(=O)C[C@H]3C=CCC3)c2)c1. The fraction of sp³-hybridized carbons (Fsp3) is 0.273. The van der Waals surface area contributed by atoms with Gasteiger partial charge >= 0.3 is 6.03 Å². The number of aryl methyl sites for hydroxylation is 1. The first-order valence-corrected chi connectivity index (χ1v) is 9.25. The molecule has 2 aromatic rings. The molecule has 2 aromatic carbocycles. The Kier molecular flexibility index (Phi) is 6.26.